The van der Waals surface area contributed by atoms with E-state index in [1.165, 1.54) is 36.6 Å². The molecule has 10 heteroatoms. The molecule has 0 aliphatic carbocycles. The Balaban J connectivity index is 1.64. The molecule has 1 aliphatic rings. The van der Waals surface area contributed by atoms with Crippen LogP contribution in [-0.2, 0) is 11.3 Å². The molecule has 168 valence electrons. The number of amidine groups is 1. The third-order valence-electron chi connectivity index (χ3n) is 4.61. The number of phenolic OH excluding ortho intramolecular Hbond substituents is 2. The Hall–Kier alpha value is -3.69. The molecule has 0 bridgehead atoms. The monoisotopic (exact) mass is 483 g/mol. The van der Waals surface area contributed by atoms with Gasteiger partial charge in [0.1, 0.15) is 11.5 Å². The zero-order chi connectivity index (χ0) is 23.4. The zero-order valence-electron chi connectivity index (χ0n) is 17.3. The molecule has 1 fully saturated rings. The van der Waals surface area contributed by atoms with Crippen molar-refractivity contribution < 1.29 is 24.2 Å². The van der Waals surface area contributed by atoms with E-state index in [1.807, 2.05) is 0 Å². The summed E-state index contributed by atoms with van der Waals surface area (Å²) in [5, 5.41) is 28.9. The van der Waals surface area contributed by atoms with E-state index in [2.05, 4.69) is 10.2 Å². The van der Waals surface area contributed by atoms with Crippen LogP contribution in [0.25, 0.3) is 6.08 Å². The summed E-state index contributed by atoms with van der Waals surface area (Å²) in [5.74, 6) is 0.596. The SMILES string of the molecule is COc1cc(/C=N/N=C2\S/C(=C\c3cc(Cl)ccc3O)C(=O)N2Cc2ccco2)ccc1O. The first-order valence-corrected chi connectivity index (χ1v) is 10.8. The third-order valence-corrected chi connectivity index (χ3v) is 5.84. The number of phenols is 2. The quantitative estimate of drug-likeness (QED) is 0.294. The number of carbonyl (C=O) groups is 1. The molecular formula is C23H18ClN3O5S. The molecule has 8 nitrogen and oxygen atoms in total. The predicted octanol–water partition coefficient (Wildman–Crippen LogP) is 4.86. The third kappa shape index (κ3) is 5.21. The van der Waals surface area contributed by atoms with Gasteiger partial charge in [-0.3, -0.25) is 9.69 Å². The standard InChI is InChI=1S/C23H18ClN3O5S/c1-31-20-9-14(4-6-19(20)29)12-25-26-23-27(13-17-3-2-8-32-17)22(30)21(33-23)11-15-10-16(24)5-7-18(15)28/h2-12,28-29H,13H2,1H3/b21-11-,25-12+,26-23-. The lowest BCUT2D eigenvalue weighted by Gasteiger charge is -2.12. The second-order valence-electron chi connectivity index (χ2n) is 6.84. The highest BCUT2D eigenvalue weighted by Gasteiger charge is 2.34. The highest BCUT2D eigenvalue weighted by atomic mass is 35.5. The smallest absolute Gasteiger partial charge is 0.267 e. The van der Waals surface area contributed by atoms with Gasteiger partial charge in [-0.15, -0.1) is 5.10 Å². The minimum absolute atomic E-state index is 0.00238. The molecule has 2 heterocycles. The molecule has 0 spiro atoms. The number of methoxy groups -OCH3 is 1. The molecule has 4 rings (SSSR count). The van der Waals surface area contributed by atoms with Crippen molar-refractivity contribution in [1.29, 1.82) is 0 Å². The van der Waals surface area contributed by atoms with Gasteiger partial charge in [-0.05, 0) is 71.9 Å². The fourth-order valence-electron chi connectivity index (χ4n) is 2.98. The van der Waals surface area contributed by atoms with Crippen molar-refractivity contribution in [3.05, 3.63) is 81.6 Å². The van der Waals surface area contributed by atoms with Crippen molar-refractivity contribution in [2.45, 2.75) is 6.54 Å². The van der Waals surface area contributed by atoms with Crippen molar-refractivity contribution in [3.8, 4) is 17.2 Å². The van der Waals surface area contributed by atoms with Crippen LogP contribution in [0.1, 0.15) is 16.9 Å². The summed E-state index contributed by atoms with van der Waals surface area (Å²) >= 11 is 7.14. The number of furan rings is 1. The van der Waals surface area contributed by atoms with Crippen LogP contribution in [0.3, 0.4) is 0 Å². The van der Waals surface area contributed by atoms with Gasteiger partial charge >= 0.3 is 0 Å². The van der Waals surface area contributed by atoms with Crippen LogP contribution >= 0.6 is 23.4 Å². The van der Waals surface area contributed by atoms with Gasteiger partial charge in [0.05, 0.1) is 31.0 Å². The van der Waals surface area contributed by atoms with Gasteiger partial charge in [0.25, 0.3) is 5.91 Å². The fraction of sp³-hybridized carbons (Fsp3) is 0.0870. The number of thioether (sulfide) groups is 1. The van der Waals surface area contributed by atoms with E-state index in [1.54, 1.807) is 42.5 Å². The molecule has 0 atom stereocenters. The average molecular weight is 484 g/mol. The van der Waals surface area contributed by atoms with Gasteiger partial charge < -0.3 is 19.4 Å². The maximum Gasteiger partial charge on any atom is 0.267 e. The maximum atomic E-state index is 13.1. The molecule has 2 N–H and O–H groups in total. The number of aromatic hydroxyl groups is 2. The number of amides is 1. The van der Waals surface area contributed by atoms with Crippen LogP contribution in [0.4, 0.5) is 0 Å². The van der Waals surface area contributed by atoms with Gasteiger partial charge in [0.2, 0.25) is 0 Å². The van der Waals surface area contributed by atoms with E-state index in [0.29, 0.717) is 37.7 Å². The number of carbonyl (C=O) groups excluding carboxylic acids is 1. The summed E-state index contributed by atoms with van der Waals surface area (Å²) in [6, 6.07) is 12.8. The van der Waals surface area contributed by atoms with Gasteiger partial charge in [-0.1, -0.05) is 11.6 Å². The van der Waals surface area contributed by atoms with Crippen LogP contribution < -0.4 is 4.74 Å². The summed E-state index contributed by atoms with van der Waals surface area (Å²) in [5.41, 5.74) is 1.07. The molecule has 0 radical (unpaired) electrons. The summed E-state index contributed by atoms with van der Waals surface area (Å²) in [6.07, 6.45) is 4.56. The van der Waals surface area contributed by atoms with Crippen LogP contribution in [0.15, 0.2) is 74.3 Å². The number of hydrogen-bond donors (Lipinski definition) is 2. The number of rotatable bonds is 6. The second-order valence-corrected chi connectivity index (χ2v) is 8.29. The largest absolute Gasteiger partial charge is 0.507 e. The number of hydrogen-bond acceptors (Lipinski definition) is 8. The normalized spacial score (nSPS) is 16.4. The van der Waals surface area contributed by atoms with E-state index in [9.17, 15) is 15.0 Å². The first-order valence-electron chi connectivity index (χ1n) is 9.65. The molecule has 3 aromatic rings. The Kier molecular flexibility index (Phi) is 6.71. The lowest BCUT2D eigenvalue weighted by molar-refractivity contribution is -0.122. The Morgan fingerprint density at radius 1 is 1.18 bits per heavy atom. The molecule has 1 saturated heterocycles. The summed E-state index contributed by atoms with van der Waals surface area (Å²) in [6.45, 7) is 0.166. The number of nitrogens with zero attached hydrogens (tertiary/aromatic N) is 3. The van der Waals surface area contributed by atoms with Gasteiger partial charge in [-0.25, -0.2) is 0 Å². The lowest BCUT2D eigenvalue weighted by Crippen LogP contribution is -2.28. The number of benzene rings is 2. The van der Waals surface area contributed by atoms with E-state index in [-0.39, 0.29) is 24.0 Å². The zero-order valence-corrected chi connectivity index (χ0v) is 18.9. The molecule has 0 saturated carbocycles. The van der Waals surface area contributed by atoms with Crippen LogP contribution in [0.5, 0.6) is 17.2 Å². The number of ether oxygens (including phenoxy) is 1. The first kappa shape index (κ1) is 22.5. The van der Waals surface area contributed by atoms with Crippen molar-refractivity contribution in [1.82, 2.24) is 4.90 Å². The lowest BCUT2D eigenvalue weighted by atomic mass is 10.2. The maximum absolute atomic E-state index is 13.1. The predicted molar refractivity (Wildman–Crippen MR) is 128 cm³/mol. The van der Waals surface area contributed by atoms with Crippen LogP contribution in [-0.4, -0.2) is 39.5 Å². The van der Waals surface area contributed by atoms with Gasteiger partial charge in [-0.2, -0.15) is 5.10 Å². The molecule has 1 amide bonds. The molecule has 2 aromatic carbocycles. The Labute approximate surface area is 198 Å². The van der Waals surface area contributed by atoms with Crippen LogP contribution in [0, 0.1) is 0 Å². The molecule has 33 heavy (non-hydrogen) atoms. The molecule has 0 unspecified atom stereocenters. The van der Waals surface area contributed by atoms with Crippen LogP contribution in [0.2, 0.25) is 5.02 Å². The minimum Gasteiger partial charge on any atom is -0.507 e. The average Bonchev–Trinajstić information content (AvgIpc) is 3.42. The van der Waals surface area contributed by atoms with Crippen molar-refractivity contribution in [3.63, 3.8) is 0 Å². The summed E-state index contributed by atoms with van der Waals surface area (Å²) in [4.78, 5) is 14.9. The molecule has 1 aliphatic heterocycles. The fourth-order valence-corrected chi connectivity index (χ4v) is 4.09. The summed E-state index contributed by atoms with van der Waals surface area (Å²) in [7, 11) is 1.45. The van der Waals surface area contributed by atoms with Crippen molar-refractivity contribution in [2.75, 3.05) is 7.11 Å². The number of halogens is 1. The second kappa shape index (κ2) is 9.85. The Morgan fingerprint density at radius 2 is 2.00 bits per heavy atom. The first-order chi connectivity index (χ1) is 15.9. The van der Waals surface area contributed by atoms with Crippen molar-refractivity contribution in [2.24, 2.45) is 10.2 Å². The van der Waals surface area contributed by atoms with E-state index >= 15 is 0 Å². The van der Waals surface area contributed by atoms with E-state index in [0.717, 1.165) is 11.8 Å². The topological polar surface area (TPSA) is 108 Å². The van der Waals surface area contributed by atoms with E-state index in [4.69, 9.17) is 20.8 Å². The summed E-state index contributed by atoms with van der Waals surface area (Å²) < 4.78 is 10.5. The van der Waals surface area contributed by atoms with Gasteiger partial charge in [0.15, 0.2) is 16.7 Å². The molecular weight excluding hydrogens is 466 g/mol. The Morgan fingerprint density at radius 3 is 2.76 bits per heavy atom. The minimum atomic E-state index is -0.309. The highest BCUT2D eigenvalue weighted by Crippen LogP contribution is 2.35. The Bertz CT molecular complexity index is 1270. The van der Waals surface area contributed by atoms with E-state index < -0.39 is 0 Å². The molecule has 1 aromatic heterocycles. The van der Waals surface area contributed by atoms with Gasteiger partial charge in [0, 0.05) is 10.6 Å². The van der Waals surface area contributed by atoms with Crippen molar-refractivity contribution >= 4 is 46.7 Å². The highest BCUT2D eigenvalue weighted by molar-refractivity contribution is 8.18.